The summed E-state index contributed by atoms with van der Waals surface area (Å²) in [5.41, 5.74) is -1.14. The van der Waals surface area contributed by atoms with E-state index in [1.54, 1.807) is 13.8 Å². The monoisotopic (exact) mass is 174 g/mol. The van der Waals surface area contributed by atoms with Crippen molar-refractivity contribution < 1.29 is 10.2 Å². The quantitative estimate of drug-likeness (QED) is 0.670. The Balaban J connectivity index is 3.57. The number of rotatable bonds is 5. The van der Waals surface area contributed by atoms with Gasteiger partial charge in [-0.15, -0.1) is 0 Å². The Kier molecular flexibility index (Phi) is 4.21. The molecule has 2 N–H and O–H groups in total. The molecule has 0 heterocycles. The standard InChI is InChI=1S/C10H22O2/c1-5-10(4,12)8-6-7-9(2,3)11/h11-12H,5-8H2,1-4H3. The lowest BCUT2D eigenvalue weighted by Gasteiger charge is -2.23. The minimum atomic E-state index is -0.593. The molecule has 0 aromatic carbocycles. The molecule has 0 rings (SSSR count). The van der Waals surface area contributed by atoms with E-state index >= 15 is 0 Å². The van der Waals surface area contributed by atoms with Crippen LogP contribution in [0.2, 0.25) is 0 Å². The molecule has 0 amide bonds. The number of hydrogen-bond donors (Lipinski definition) is 2. The molecule has 2 nitrogen and oxygen atoms in total. The summed E-state index contributed by atoms with van der Waals surface area (Å²) in [6, 6.07) is 0. The first-order chi connectivity index (χ1) is 5.27. The van der Waals surface area contributed by atoms with Gasteiger partial charge in [-0.25, -0.2) is 0 Å². The van der Waals surface area contributed by atoms with Gasteiger partial charge in [0.05, 0.1) is 11.2 Å². The van der Waals surface area contributed by atoms with Crippen molar-refractivity contribution in [2.75, 3.05) is 0 Å². The van der Waals surface area contributed by atoms with Crippen molar-refractivity contribution in [3.05, 3.63) is 0 Å². The maximum atomic E-state index is 9.64. The van der Waals surface area contributed by atoms with E-state index in [0.29, 0.717) is 0 Å². The van der Waals surface area contributed by atoms with Gasteiger partial charge in [0, 0.05) is 0 Å². The molecule has 2 heteroatoms. The van der Waals surface area contributed by atoms with Gasteiger partial charge in [-0.3, -0.25) is 0 Å². The van der Waals surface area contributed by atoms with Gasteiger partial charge in [-0.2, -0.15) is 0 Å². The van der Waals surface area contributed by atoms with Crippen molar-refractivity contribution in [2.24, 2.45) is 0 Å². The molecule has 0 aliphatic heterocycles. The molecule has 0 saturated carbocycles. The van der Waals surface area contributed by atoms with Crippen LogP contribution in [0.15, 0.2) is 0 Å². The van der Waals surface area contributed by atoms with Crippen LogP contribution in [0, 0.1) is 0 Å². The predicted octanol–water partition coefficient (Wildman–Crippen LogP) is 2.09. The van der Waals surface area contributed by atoms with Crippen LogP contribution in [0.25, 0.3) is 0 Å². The van der Waals surface area contributed by atoms with E-state index < -0.39 is 11.2 Å². The first-order valence-electron chi connectivity index (χ1n) is 4.71. The lowest BCUT2D eigenvalue weighted by atomic mass is 9.92. The minimum Gasteiger partial charge on any atom is -0.390 e. The summed E-state index contributed by atoms with van der Waals surface area (Å²) in [5, 5.41) is 19.0. The van der Waals surface area contributed by atoms with Crippen molar-refractivity contribution in [1.82, 2.24) is 0 Å². The third kappa shape index (κ3) is 6.62. The molecule has 0 spiro atoms. The minimum absolute atomic E-state index is 0.550. The third-order valence-electron chi connectivity index (χ3n) is 2.27. The summed E-state index contributed by atoms with van der Waals surface area (Å²) >= 11 is 0. The molecule has 0 aromatic rings. The zero-order chi connectivity index (χ0) is 9.83. The molecule has 0 aromatic heterocycles. The topological polar surface area (TPSA) is 40.5 Å². The van der Waals surface area contributed by atoms with Crippen LogP contribution in [0.3, 0.4) is 0 Å². The highest BCUT2D eigenvalue weighted by Crippen LogP contribution is 2.20. The third-order valence-corrected chi connectivity index (χ3v) is 2.27. The van der Waals surface area contributed by atoms with E-state index in [2.05, 4.69) is 0 Å². The fourth-order valence-corrected chi connectivity index (χ4v) is 1.08. The molecule has 0 aliphatic carbocycles. The van der Waals surface area contributed by atoms with Gasteiger partial charge in [0.15, 0.2) is 0 Å². The molecule has 0 bridgehead atoms. The van der Waals surface area contributed by atoms with Crippen LogP contribution in [-0.4, -0.2) is 21.4 Å². The highest BCUT2D eigenvalue weighted by molar-refractivity contribution is 4.73. The van der Waals surface area contributed by atoms with Crippen LogP contribution in [0.1, 0.15) is 53.4 Å². The molecule has 0 fully saturated rings. The fourth-order valence-electron chi connectivity index (χ4n) is 1.08. The van der Waals surface area contributed by atoms with Gasteiger partial charge in [-0.05, 0) is 46.5 Å². The Morgan fingerprint density at radius 1 is 1.00 bits per heavy atom. The maximum Gasteiger partial charge on any atom is 0.0617 e. The second kappa shape index (κ2) is 4.24. The smallest absolute Gasteiger partial charge is 0.0617 e. The van der Waals surface area contributed by atoms with Gasteiger partial charge < -0.3 is 10.2 Å². The van der Waals surface area contributed by atoms with Gasteiger partial charge in [0.2, 0.25) is 0 Å². The van der Waals surface area contributed by atoms with Crippen LogP contribution in [-0.2, 0) is 0 Å². The molecular formula is C10H22O2. The highest BCUT2D eigenvalue weighted by atomic mass is 16.3. The summed E-state index contributed by atoms with van der Waals surface area (Å²) in [7, 11) is 0. The second-order valence-corrected chi connectivity index (χ2v) is 4.52. The number of hydrogen-bond acceptors (Lipinski definition) is 2. The lowest BCUT2D eigenvalue weighted by Crippen LogP contribution is -2.25. The van der Waals surface area contributed by atoms with Gasteiger partial charge in [-0.1, -0.05) is 6.92 Å². The van der Waals surface area contributed by atoms with E-state index in [1.165, 1.54) is 0 Å². The normalized spacial score (nSPS) is 17.5. The Labute approximate surface area is 75.6 Å². The fraction of sp³-hybridized carbons (Fsp3) is 1.00. The first kappa shape index (κ1) is 11.9. The molecule has 0 saturated heterocycles. The van der Waals surface area contributed by atoms with E-state index in [0.717, 1.165) is 25.7 Å². The first-order valence-corrected chi connectivity index (χ1v) is 4.71. The molecular weight excluding hydrogens is 152 g/mol. The lowest BCUT2D eigenvalue weighted by molar-refractivity contribution is 0.0273. The van der Waals surface area contributed by atoms with Crippen LogP contribution < -0.4 is 0 Å². The average molecular weight is 174 g/mol. The molecule has 1 atom stereocenters. The van der Waals surface area contributed by atoms with Crippen LogP contribution in [0.4, 0.5) is 0 Å². The van der Waals surface area contributed by atoms with Crippen LogP contribution in [0.5, 0.6) is 0 Å². The predicted molar refractivity (Wildman–Crippen MR) is 51.1 cm³/mol. The van der Waals surface area contributed by atoms with Crippen molar-refractivity contribution in [1.29, 1.82) is 0 Å². The molecule has 0 aliphatic rings. The summed E-state index contributed by atoms with van der Waals surface area (Å²) < 4.78 is 0. The molecule has 0 radical (unpaired) electrons. The van der Waals surface area contributed by atoms with E-state index in [4.69, 9.17) is 0 Å². The summed E-state index contributed by atoms with van der Waals surface area (Å²) in [4.78, 5) is 0. The summed E-state index contributed by atoms with van der Waals surface area (Å²) in [6.07, 6.45) is 3.18. The van der Waals surface area contributed by atoms with Crippen molar-refractivity contribution in [3.8, 4) is 0 Å². The van der Waals surface area contributed by atoms with Crippen molar-refractivity contribution >= 4 is 0 Å². The molecule has 1 unspecified atom stereocenters. The number of aliphatic hydroxyl groups is 2. The zero-order valence-corrected chi connectivity index (χ0v) is 8.72. The Morgan fingerprint density at radius 3 is 1.83 bits per heavy atom. The van der Waals surface area contributed by atoms with E-state index in [9.17, 15) is 10.2 Å². The van der Waals surface area contributed by atoms with E-state index in [-0.39, 0.29) is 0 Å². The largest absolute Gasteiger partial charge is 0.390 e. The average Bonchev–Trinajstić information content (AvgIpc) is 1.84. The van der Waals surface area contributed by atoms with E-state index in [1.807, 2.05) is 13.8 Å². The molecule has 12 heavy (non-hydrogen) atoms. The van der Waals surface area contributed by atoms with Gasteiger partial charge in [0.25, 0.3) is 0 Å². The Bertz CT molecular complexity index is 122. The second-order valence-electron chi connectivity index (χ2n) is 4.52. The van der Waals surface area contributed by atoms with Crippen molar-refractivity contribution in [2.45, 2.75) is 64.6 Å². The molecule has 74 valence electrons. The Hall–Kier alpha value is -0.0800. The van der Waals surface area contributed by atoms with Gasteiger partial charge in [0.1, 0.15) is 0 Å². The highest BCUT2D eigenvalue weighted by Gasteiger charge is 2.19. The van der Waals surface area contributed by atoms with Crippen molar-refractivity contribution in [3.63, 3.8) is 0 Å². The summed E-state index contributed by atoms with van der Waals surface area (Å²) in [6.45, 7) is 7.42. The SMILES string of the molecule is CCC(C)(O)CCCC(C)(C)O. The summed E-state index contributed by atoms with van der Waals surface area (Å²) in [5.74, 6) is 0. The van der Waals surface area contributed by atoms with Crippen LogP contribution >= 0.6 is 0 Å². The Morgan fingerprint density at radius 2 is 1.50 bits per heavy atom. The van der Waals surface area contributed by atoms with Gasteiger partial charge >= 0.3 is 0 Å². The zero-order valence-electron chi connectivity index (χ0n) is 8.72. The maximum absolute atomic E-state index is 9.64.